The number of rotatable bonds is 6. The summed E-state index contributed by atoms with van der Waals surface area (Å²) in [6, 6.07) is 0. The molecule has 3 fully saturated rings. The molecule has 0 aromatic rings. The third-order valence-electron chi connectivity index (χ3n) is 10.6. The maximum absolute atomic E-state index is 10.2. The van der Waals surface area contributed by atoms with Crippen molar-refractivity contribution in [1.29, 1.82) is 0 Å². The van der Waals surface area contributed by atoms with E-state index in [0.29, 0.717) is 10.8 Å². The molecule has 0 aromatic heterocycles. The van der Waals surface area contributed by atoms with Crippen LogP contribution in [-0.4, -0.2) is 11.2 Å². The van der Waals surface area contributed by atoms with E-state index in [9.17, 15) is 5.11 Å². The molecule has 7 atom stereocenters. The fraction of sp³-hybridized carbons (Fsp3) is 0.926. The van der Waals surface area contributed by atoms with Crippen molar-refractivity contribution in [1.82, 2.24) is 0 Å². The van der Waals surface area contributed by atoms with Crippen LogP contribution in [0, 0.1) is 40.4 Å². The molecular weight excluding hydrogens is 340 g/mol. The molecule has 4 aliphatic rings. The highest BCUT2D eigenvalue weighted by molar-refractivity contribution is 5.25. The van der Waals surface area contributed by atoms with Crippen molar-refractivity contribution in [3.05, 3.63) is 11.6 Å². The maximum atomic E-state index is 10.2. The Kier molecular flexibility index (Phi) is 6.05. The Hall–Kier alpha value is -0.300. The lowest BCUT2D eigenvalue weighted by atomic mass is 9.47. The van der Waals surface area contributed by atoms with Gasteiger partial charge in [0.15, 0.2) is 0 Å². The molecule has 0 saturated heterocycles. The Morgan fingerprint density at radius 2 is 1.82 bits per heavy atom. The van der Waals surface area contributed by atoms with Gasteiger partial charge in [0.2, 0.25) is 0 Å². The molecule has 1 N–H and O–H groups in total. The molecule has 0 amide bonds. The first-order valence-electron chi connectivity index (χ1n) is 12.8. The monoisotopic (exact) mass is 386 g/mol. The molecule has 0 bridgehead atoms. The maximum Gasteiger partial charge on any atom is 0.0577 e. The fourth-order valence-electron chi connectivity index (χ4n) is 8.57. The van der Waals surface area contributed by atoms with Crippen LogP contribution in [0.5, 0.6) is 0 Å². The van der Waals surface area contributed by atoms with E-state index in [4.69, 9.17) is 0 Å². The predicted octanol–water partition coefficient (Wildman–Crippen LogP) is 7.53. The second-order valence-electron chi connectivity index (χ2n) is 11.6. The minimum atomic E-state index is -0.0735. The molecule has 0 aromatic carbocycles. The first kappa shape index (κ1) is 21.0. The average Bonchev–Trinajstić information content (AvgIpc) is 3.02. The lowest BCUT2D eigenvalue weighted by Gasteiger charge is -2.58. The number of hydrogen-bond acceptors (Lipinski definition) is 1. The van der Waals surface area contributed by atoms with Crippen molar-refractivity contribution in [2.45, 2.75) is 117 Å². The summed E-state index contributed by atoms with van der Waals surface area (Å²) in [5, 5.41) is 10.2. The summed E-state index contributed by atoms with van der Waals surface area (Å²) >= 11 is 0. The van der Waals surface area contributed by atoms with Gasteiger partial charge in [0.1, 0.15) is 0 Å². The Morgan fingerprint density at radius 3 is 2.57 bits per heavy atom. The molecular formula is C27H46O. The summed E-state index contributed by atoms with van der Waals surface area (Å²) in [6.45, 7) is 10.00. The zero-order valence-electron chi connectivity index (χ0n) is 19.2. The molecule has 0 unspecified atom stereocenters. The minimum absolute atomic E-state index is 0.0735. The van der Waals surface area contributed by atoms with Crippen LogP contribution in [0.25, 0.3) is 0 Å². The first-order valence-corrected chi connectivity index (χ1v) is 12.8. The second-order valence-corrected chi connectivity index (χ2v) is 11.6. The number of allylic oxidation sites excluding steroid dienone is 1. The third kappa shape index (κ3) is 3.42. The van der Waals surface area contributed by atoms with Gasteiger partial charge in [-0.15, -0.1) is 0 Å². The van der Waals surface area contributed by atoms with Gasteiger partial charge in [-0.1, -0.05) is 65.0 Å². The summed E-state index contributed by atoms with van der Waals surface area (Å²) in [4.78, 5) is 0. The first-order chi connectivity index (χ1) is 13.4. The molecule has 3 saturated carbocycles. The summed E-state index contributed by atoms with van der Waals surface area (Å²) in [5.41, 5.74) is 2.64. The van der Waals surface area contributed by atoms with Crippen molar-refractivity contribution in [3.8, 4) is 0 Å². The van der Waals surface area contributed by atoms with Gasteiger partial charge in [-0.05, 0) is 98.2 Å². The van der Waals surface area contributed by atoms with E-state index in [1.807, 2.05) is 0 Å². The van der Waals surface area contributed by atoms with E-state index in [1.165, 1.54) is 70.6 Å². The highest BCUT2D eigenvalue weighted by Crippen LogP contribution is 2.66. The summed E-state index contributed by atoms with van der Waals surface area (Å²) in [7, 11) is 0. The Morgan fingerprint density at radius 1 is 1.04 bits per heavy atom. The molecule has 160 valence electrons. The van der Waals surface area contributed by atoms with Crippen LogP contribution in [0.15, 0.2) is 11.6 Å². The third-order valence-corrected chi connectivity index (χ3v) is 10.6. The average molecular weight is 387 g/mol. The number of aliphatic hydroxyl groups excluding tert-OH is 1. The lowest BCUT2D eigenvalue weighted by Crippen LogP contribution is -2.50. The van der Waals surface area contributed by atoms with E-state index in [2.05, 4.69) is 33.8 Å². The van der Waals surface area contributed by atoms with Gasteiger partial charge in [-0.2, -0.15) is 0 Å². The molecule has 1 nitrogen and oxygen atoms in total. The lowest BCUT2D eigenvalue weighted by molar-refractivity contribution is -0.0509. The quantitative estimate of drug-likeness (QED) is 0.468. The summed E-state index contributed by atoms with van der Waals surface area (Å²) < 4.78 is 0. The van der Waals surface area contributed by atoms with Crippen LogP contribution in [0.3, 0.4) is 0 Å². The molecule has 28 heavy (non-hydrogen) atoms. The molecule has 4 rings (SSSR count). The zero-order valence-corrected chi connectivity index (χ0v) is 19.2. The molecule has 0 aliphatic heterocycles. The molecule has 0 spiro atoms. The van der Waals surface area contributed by atoms with Crippen LogP contribution in [0.1, 0.15) is 111 Å². The Balaban J connectivity index is 1.45. The van der Waals surface area contributed by atoms with Crippen LogP contribution < -0.4 is 0 Å². The Bertz CT molecular complexity index is 575. The van der Waals surface area contributed by atoms with Gasteiger partial charge in [0.25, 0.3) is 0 Å². The smallest absolute Gasteiger partial charge is 0.0577 e. The van der Waals surface area contributed by atoms with Gasteiger partial charge in [-0.3, -0.25) is 0 Å². The van der Waals surface area contributed by atoms with Crippen LogP contribution in [0.4, 0.5) is 0 Å². The highest BCUT2D eigenvalue weighted by atomic mass is 16.3. The number of aliphatic hydroxyl groups is 1. The normalized spacial score (nSPS) is 45.4. The van der Waals surface area contributed by atoms with E-state index >= 15 is 0 Å². The standard InChI is InChI=1S/C27H46O/c1-5-19(6-2)8-7-9-20-11-13-24-23-12-10-21-18-22(28)14-16-27(21,4)25(23)15-17-26(20,24)3/h10,19-20,22-25,28H,5-9,11-18H2,1-4H3/t20-,22-,23-,24-,25-,26+,27-/m0/s1. The SMILES string of the molecule is CCC(CC)CCC[C@H]1CC[C@H]2[C@@H]3CC=C4C[C@@H](O)CC[C@]4(C)[C@H]3CC[C@]12C. The molecule has 0 heterocycles. The van der Waals surface area contributed by atoms with Gasteiger partial charge in [0, 0.05) is 0 Å². The van der Waals surface area contributed by atoms with E-state index in [-0.39, 0.29) is 6.10 Å². The Labute approximate surface area is 174 Å². The van der Waals surface area contributed by atoms with Gasteiger partial charge < -0.3 is 5.11 Å². The van der Waals surface area contributed by atoms with Crippen LogP contribution in [0.2, 0.25) is 0 Å². The number of hydrogen-bond donors (Lipinski definition) is 1. The molecule has 0 radical (unpaired) electrons. The second kappa shape index (κ2) is 8.09. The largest absolute Gasteiger partial charge is 0.393 e. The van der Waals surface area contributed by atoms with Gasteiger partial charge in [-0.25, -0.2) is 0 Å². The van der Waals surface area contributed by atoms with Crippen molar-refractivity contribution < 1.29 is 5.11 Å². The van der Waals surface area contributed by atoms with Crippen molar-refractivity contribution >= 4 is 0 Å². The van der Waals surface area contributed by atoms with Gasteiger partial charge >= 0.3 is 0 Å². The predicted molar refractivity (Wildman–Crippen MR) is 119 cm³/mol. The zero-order chi connectivity index (χ0) is 19.9. The van der Waals surface area contributed by atoms with Crippen molar-refractivity contribution in [2.75, 3.05) is 0 Å². The fourth-order valence-corrected chi connectivity index (χ4v) is 8.57. The summed E-state index contributed by atoms with van der Waals surface area (Å²) in [5.74, 6) is 4.72. The summed E-state index contributed by atoms with van der Waals surface area (Å²) in [6.07, 6.45) is 20.1. The van der Waals surface area contributed by atoms with Crippen molar-refractivity contribution in [2.24, 2.45) is 40.4 Å². The number of fused-ring (bicyclic) bond motifs is 5. The molecule has 4 aliphatic carbocycles. The van der Waals surface area contributed by atoms with E-state index in [0.717, 1.165) is 42.4 Å². The van der Waals surface area contributed by atoms with Crippen molar-refractivity contribution in [3.63, 3.8) is 0 Å². The molecule has 1 heteroatoms. The van der Waals surface area contributed by atoms with E-state index in [1.54, 1.807) is 5.57 Å². The van der Waals surface area contributed by atoms with Crippen LogP contribution in [-0.2, 0) is 0 Å². The minimum Gasteiger partial charge on any atom is -0.393 e. The van der Waals surface area contributed by atoms with E-state index < -0.39 is 0 Å². The highest BCUT2D eigenvalue weighted by Gasteiger charge is 2.58. The van der Waals surface area contributed by atoms with Crippen LogP contribution >= 0.6 is 0 Å². The van der Waals surface area contributed by atoms with Gasteiger partial charge in [0.05, 0.1) is 6.10 Å². The topological polar surface area (TPSA) is 20.2 Å².